The second kappa shape index (κ2) is 9.68. The first kappa shape index (κ1) is 23.3. The molecule has 0 atom stereocenters. The Balaban J connectivity index is 1.65. The average Bonchev–Trinajstić information content (AvgIpc) is 3.60. The molecule has 0 unspecified atom stereocenters. The van der Waals surface area contributed by atoms with Crippen molar-refractivity contribution in [2.75, 3.05) is 13.1 Å². The maximum atomic E-state index is 11.8. The van der Waals surface area contributed by atoms with Crippen molar-refractivity contribution in [1.29, 1.82) is 0 Å². The van der Waals surface area contributed by atoms with Crippen LogP contribution in [0.3, 0.4) is 0 Å². The first-order valence-electron chi connectivity index (χ1n) is 12.1. The third-order valence-corrected chi connectivity index (χ3v) is 7.98. The van der Waals surface area contributed by atoms with Gasteiger partial charge in [-0.2, -0.15) is 5.10 Å². The van der Waals surface area contributed by atoms with Crippen molar-refractivity contribution in [2.24, 2.45) is 11.7 Å². The van der Waals surface area contributed by atoms with Gasteiger partial charge < -0.3 is 16.0 Å². The maximum absolute atomic E-state index is 11.8. The van der Waals surface area contributed by atoms with Gasteiger partial charge in [-0.05, 0) is 94.7 Å². The Morgan fingerprint density at radius 1 is 1.14 bits per heavy atom. The number of rotatable bonds is 5. The fraction of sp³-hybridized carbons (Fsp3) is 0.286. The number of Topliss-reactive ketones (excluding diaryl/α,β-unsaturated/α-hetero) is 1. The second-order valence-corrected chi connectivity index (χ2v) is 10.4. The molecule has 35 heavy (non-hydrogen) atoms. The molecule has 4 aromatic rings. The number of hydrogen-bond donors (Lipinski definition) is 4. The van der Waals surface area contributed by atoms with E-state index in [2.05, 4.69) is 53.5 Å². The van der Waals surface area contributed by atoms with Gasteiger partial charge in [0.05, 0.1) is 15.9 Å². The number of H-pyrrole nitrogens is 2. The Bertz CT molecular complexity index is 1540. The molecule has 0 amide bonds. The van der Waals surface area contributed by atoms with Crippen molar-refractivity contribution in [3.8, 4) is 21.8 Å². The molecule has 1 fully saturated rings. The number of carbonyl (C=O) groups excluding carboxylic acids is 1. The van der Waals surface area contributed by atoms with Crippen LogP contribution < -0.4 is 21.6 Å². The highest BCUT2D eigenvalue weighted by atomic mass is 32.1. The second-order valence-electron chi connectivity index (χ2n) is 9.37. The predicted octanol–water partition coefficient (Wildman–Crippen LogP) is 4.30. The van der Waals surface area contributed by atoms with Crippen molar-refractivity contribution >= 4 is 39.7 Å². The fourth-order valence-electron chi connectivity index (χ4n) is 4.87. The van der Waals surface area contributed by atoms with Crippen LogP contribution in [0.25, 0.3) is 44.4 Å². The number of nitrogens with zero attached hydrogens (tertiary/aromatic N) is 1. The molecule has 3 aromatic heterocycles. The molecule has 5 N–H and O–H groups in total. The lowest BCUT2D eigenvalue weighted by Crippen LogP contribution is -2.30. The number of nitrogens with two attached hydrogens (primary N) is 1. The summed E-state index contributed by atoms with van der Waals surface area (Å²) in [4.78, 5) is 17.3. The van der Waals surface area contributed by atoms with Gasteiger partial charge in [-0.25, -0.2) is 0 Å². The molecule has 1 aliphatic rings. The van der Waals surface area contributed by atoms with Crippen LogP contribution in [-0.2, 0) is 0 Å². The van der Waals surface area contributed by atoms with Crippen molar-refractivity contribution < 1.29 is 4.79 Å². The van der Waals surface area contributed by atoms with Gasteiger partial charge >= 0.3 is 0 Å². The highest BCUT2D eigenvalue weighted by molar-refractivity contribution is 7.17. The van der Waals surface area contributed by atoms with E-state index in [4.69, 9.17) is 10.8 Å². The molecule has 0 bridgehead atoms. The Morgan fingerprint density at radius 3 is 2.63 bits per heavy atom. The molecule has 1 saturated heterocycles. The van der Waals surface area contributed by atoms with E-state index < -0.39 is 0 Å². The summed E-state index contributed by atoms with van der Waals surface area (Å²) in [5.74, 6) is 0.536. The highest BCUT2D eigenvalue weighted by Gasteiger charge is 2.18. The number of aromatic nitrogens is 3. The fourth-order valence-corrected chi connectivity index (χ4v) is 5.81. The molecule has 0 radical (unpaired) electrons. The van der Waals surface area contributed by atoms with Crippen molar-refractivity contribution in [2.45, 2.75) is 33.6 Å². The monoisotopic (exact) mass is 485 g/mol. The van der Waals surface area contributed by atoms with E-state index in [9.17, 15) is 4.79 Å². The van der Waals surface area contributed by atoms with Gasteiger partial charge in [0.25, 0.3) is 0 Å². The van der Waals surface area contributed by atoms with E-state index in [1.807, 2.05) is 18.2 Å². The number of thiophene rings is 1. The summed E-state index contributed by atoms with van der Waals surface area (Å²) in [5, 5.41) is 14.6. The first-order chi connectivity index (χ1) is 17.0. The number of allylic oxidation sites excluding steroid dienone is 1. The lowest BCUT2D eigenvalue weighted by molar-refractivity contribution is 0.102. The molecule has 5 rings (SSSR count). The third-order valence-electron chi connectivity index (χ3n) is 6.76. The largest absolute Gasteiger partial charge is 0.404 e. The zero-order chi connectivity index (χ0) is 24.5. The SMILES string of the molecule is CC(=O)c1ccc(-c2cccc3[nH]c(-c4n[nH]c(=C(C)C)/c4=C\C(=C/N)C4CCNCC4)cc23)s1. The maximum Gasteiger partial charge on any atom is 0.169 e. The smallest absolute Gasteiger partial charge is 0.169 e. The summed E-state index contributed by atoms with van der Waals surface area (Å²) in [6.45, 7) is 7.82. The van der Waals surface area contributed by atoms with Crippen LogP contribution in [0, 0.1) is 5.92 Å². The van der Waals surface area contributed by atoms with E-state index in [0.29, 0.717) is 5.92 Å². The van der Waals surface area contributed by atoms with Crippen LogP contribution in [0.2, 0.25) is 0 Å². The lowest BCUT2D eigenvalue weighted by Gasteiger charge is -2.23. The minimum atomic E-state index is 0.0936. The number of benzene rings is 1. The number of carbonyl (C=O) groups is 1. The predicted molar refractivity (Wildman–Crippen MR) is 146 cm³/mol. The molecule has 1 aliphatic heterocycles. The van der Waals surface area contributed by atoms with E-state index in [1.165, 1.54) is 16.9 Å². The summed E-state index contributed by atoms with van der Waals surface area (Å²) in [7, 11) is 0. The van der Waals surface area contributed by atoms with Gasteiger partial charge in [-0.1, -0.05) is 17.7 Å². The van der Waals surface area contributed by atoms with Crippen LogP contribution in [0.4, 0.5) is 0 Å². The Morgan fingerprint density at radius 2 is 1.94 bits per heavy atom. The normalized spacial score (nSPS) is 15.7. The number of ketones is 1. The number of aromatic amines is 2. The van der Waals surface area contributed by atoms with Crippen LogP contribution in [-0.4, -0.2) is 34.1 Å². The molecule has 6 nitrogen and oxygen atoms in total. The zero-order valence-corrected chi connectivity index (χ0v) is 21.2. The summed E-state index contributed by atoms with van der Waals surface area (Å²) in [6, 6.07) is 12.3. The van der Waals surface area contributed by atoms with Crippen molar-refractivity contribution in [3.05, 3.63) is 63.6 Å². The van der Waals surface area contributed by atoms with Crippen LogP contribution >= 0.6 is 11.3 Å². The van der Waals surface area contributed by atoms with E-state index >= 15 is 0 Å². The van der Waals surface area contributed by atoms with Crippen molar-refractivity contribution in [1.82, 2.24) is 20.5 Å². The van der Waals surface area contributed by atoms with Crippen LogP contribution in [0.5, 0.6) is 0 Å². The highest BCUT2D eigenvalue weighted by Crippen LogP contribution is 2.35. The van der Waals surface area contributed by atoms with E-state index in [1.54, 1.807) is 13.1 Å². The van der Waals surface area contributed by atoms with Gasteiger partial charge in [0.1, 0.15) is 5.69 Å². The number of piperidine rings is 1. The van der Waals surface area contributed by atoms with E-state index in [0.717, 1.165) is 79.7 Å². The minimum Gasteiger partial charge on any atom is -0.404 e. The Labute approximate surface area is 208 Å². The lowest BCUT2D eigenvalue weighted by atomic mass is 9.89. The van der Waals surface area contributed by atoms with Gasteiger partial charge in [0.15, 0.2) is 5.78 Å². The standard InChI is InChI=1S/C28H31N5OS/c1-16(2)27-22(13-19(15-29)18-9-11-30-12-10-18)28(33-32-27)24-14-21-20(5-4-6-23(21)31-24)26-8-7-25(35-26)17(3)34/h4-8,13-15,18,30-32H,9-12,29H2,1-3H3/b19-15+,22-13+. The topological polar surface area (TPSA) is 99.6 Å². The summed E-state index contributed by atoms with van der Waals surface area (Å²) in [6.07, 6.45) is 6.13. The van der Waals surface area contributed by atoms with Gasteiger partial charge in [0.2, 0.25) is 0 Å². The summed E-state index contributed by atoms with van der Waals surface area (Å²) >= 11 is 1.53. The first-order valence-corrected chi connectivity index (χ1v) is 12.9. The van der Waals surface area contributed by atoms with Crippen LogP contribution in [0.1, 0.15) is 43.3 Å². The summed E-state index contributed by atoms with van der Waals surface area (Å²) in [5.41, 5.74) is 12.4. The molecule has 4 heterocycles. The molecule has 180 valence electrons. The molecule has 0 aliphatic carbocycles. The number of hydrogen-bond acceptors (Lipinski definition) is 5. The quantitative estimate of drug-likeness (QED) is 0.317. The zero-order valence-electron chi connectivity index (χ0n) is 20.4. The molecule has 7 heteroatoms. The molecular formula is C28H31N5OS. The average molecular weight is 486 g/mol. The number of nitrogens with one attached hydrogen (secondary N) is 3. The molecule has 0 spiro atoms. The number of fused-ring (bicyclic) bond motifs is 1. The molecular weight excluding hydrogens is 454 g/mol. The Kier molecular flexibility index (Phi) is 6.45. The molecule has 1 aromatic carbocycles. The third kappa shape index (κ3) is 4.49. The van der Waals surface area contributed by atoms with Gasteiger partial charge in [-0.15, -0.1) is 11.3 Å². The molecule has 0 saturated carbocycles. The van der Waals surface area contributed by atoms with Gasteiger partial charge in [-0.3, -0.25) is 9.89 Å². The Hall–Kier alpha value is -3.42. The summed E-state index contributed by atoms with van der Waals surface area (Å²) < 4.78 is 0. The van der Waals surface area contributed by atoms with Crippen LogP contribution in [0.15, 0.2) is 48.2 Å². The minimum absolute atomic E-state index is 0.0936. The van der Waals surface area contributed by atoms with Gasteiger partial charge in [0, 0.05) is 26.6 Å². The van der Waals surface area contributed by atoms with Crippen molar-refractivity contribution in [3.63, 3.8) is 0 Å². The van der Waals surface area contributed by atoms with E-state index in [-0.39, 0.29) is 5.78 Å².